The fourth-order valence-corrected chi connectivity index (χ4v) is 1.57. The smallest absolute Gasteiger partial charge is 0.282 e. The molecule has 0 spiro atoms. The molecule has 1 N–H and O–H groups in total. The minimum Gasteiger partial charge on any atom is -0.282 e. The van der Waals surface area contributed by atoms with Gasteiger partial charge in [0.25, 0.3) is 10.1 Å². The molecular formula is C7H10O3S. The number of benzene rings is 1. The Hall–Kier alpha value is -0.870. The van der Waals surface area contributed by atoms with Gasteiger partial charge in [-0.05, 0) is 18.6 Å². The molecule has 0 bridgehead atoms. The fraction of sp³-hybridized carbons (Fsp3) is 0.143. The summed E-state index contributed by atoms with van der Waals surface area (Å²) in [5.41, 5.74) is 0.551. The van der Waals surface area contributed by atoms with Crippen LogP contribution >= 0.6 is 0 Å². The van der Waals surface area contributed by atoms with Gasteiger partial charge in [0.2, 0.25) is 0 Å². The molecule has 62 valence electrons. The van der Waals surface area contributed by atoms with Gasteiger partial charge in [0.05, 0.1) is 4.90 Å². The van der Waals surface area contributed by atoms with Crippen LogP contribution in [0.4, 0.5) is 0 Å². The van der Waals surface area contributed by atoms with E-state index in [1.165, 1.54) is 6.07 Å². The zero-order valence-electron chi connectivity index (χ0n) is 5.98. The Kier molecular flexibility index (Phi) is 1.97. The molecule has 1 rings (SSSR count). The Morgan fingerprint density at radius 1 is 1.36 bits per heavy atom. The van der Waals surface area contributed by atoms with Gasteiger partial charge in [-0.2, -0.15) is 8.42 Å². The van der Waals surface area contributed by atoms with Gasteiger partial charge in [-0.25, -0.2) is 0 Å². The Balaban J connectivity index is 0.00000121. The van der Waals surface area contributed by atoms with Crippen LogP contribution in [0.2, 0.25) is 0 Å². The van der Waals surface area contributed by atoms with Crippen molar-refractivity contribution in [1.82, 2.24) is 0 Å². The first-order valence-electron chi connectivity index (χ1n) is 3.05. The number of aryl methyl sites for hydroxylation is 1. The molecule has 4 heteroatoms. The highest BCUT2D eigenvalue weighted by Crippen LogP contribution is 2.12. The summed E-state index contributed by atoms with van der Waals surface area (Å²) in [7, 11) is -4.03. The Labute approximate surface area is 66.9 Å². The van der Waals surface area contributed by atoms with Gasteiger partial charge in [-0.15, -0.1) is 0 Å². The lowest BCUT2D eigenvalue weighted by atomic mass is 10.2. The number of hydrogen-bond donors (Lipinski definition) is 1. The van der Waals surface area contributed by atoms with Gasteiger partial charge in [-0.3, -0.25) is 4.55 Å². The fourth-order valence-electron chi connectivity index (χ4n) is 0.846. The lowest BCUT2D eigenvalue weighted by Gasteiger charge is -1.99. The van der Waals surface area contributed by atoms with Crippen molar-refractivity contribution < 1.29 is 14.4 Å². The third-order valence-electron chi connectivity index (χ3n) is 1.37. The normalized spacial score (nSPS) is 11.5. The summed E-state index contributed by atoms with van der Waals surface area (Å²) < 4.78 is 29.9. The van der Waals surface area contributed by atoms with Gasteiger partial charge in [0.15, 0.2) is 0 Å². The van der Waals surface area contributed by atoms with Gasteiger partial charge >= 0.3 is 0 Å². The average Bonchev–Trinajstić information content (AvgIpc) is 1.86. The van der Waals surface area contributed by atoms with Crippen LogP contribution < -0.4 is 0 Å². The molecule has 0 heterocycles. The first-order chi connectivity index (χ1) is 5.02. The molecular weight excluding hydrogens is 164 g/mol. The SMILES string of the molecule is Cc1ccccc1S(=O)(=O)O.[HH]. The van der Waals surface area contributed by atoms with Gasteiger partial charge in [-0.1, -0.05) is 18.2 Å². The van der Waals surface area contributed by atoms with E-state index in [1.54, 1.807) is 25.1 Å². The monoisotopic (exact) mass is 174 g/mol. The van der Waals surface area contributed by atoms with E-state index in [0.29, 0.717) is 5.56 Å². The third kappa shape index (κ3) is 1.78. The summed E-state index contributed by atoms with van der Waals surface area (Å²) in [6.07, 6.45) is 0. The van der Waals surface area contributed by atoms with E-state index < -0.39 is 10.1 Å². The quantitative estimate of drug-likeness (QED) is 0.656. The summed E-state index contributed by atoms with van der Waals surface area (Å²) in [5.74, 6) is 0. The van der Waals surface area contributed by atoms with Crippen molar-refractivity contribution in [2.24, 2.45) is 0 Å². The van der Waals surface area contributed by atoms with E-state index in [2.05, 4.69) is 0 Å². The van der Waals surface area contributed by atoms with Crippen LogP contribution in [-0.2, 0) is 10.1 Å². The van der Waals surface area contributed by atoms with Crippen molar-refractivity contribution in [3.05, 3.63) is 29.8 Å². The summed E-state index contributed by atoms with van der Waals surface area (Å²) >= 11 is 0. The van der Waals surface area contributed by atoms with Crippen molar-refractivity contribution in [2.75, 3.05) is 0 Å². The predicted molar refractivity (Wildman–Crippen MR) is 43.1 cm³/mol. The second-order valence-electron chi connectivity index (χ2n) is 2.24. The molecule has 0 fully saturated rings. The first kappa shape index (κ1) is 8.23. The van der Waals surface area contributed by atoms with Crippen LogP contribution in [0.5, 0.6) is 0 Å². The first-order valence-corrected chi connectivity index (χ1v) is 4.49. The maximum absolute atomic E-state index is 10.6. The molecule has 0 unspecified atom stereocenters. The van der Waals surface area contributed by atoms with E-state index >= 15 is 0 Å². The molecule has 1 aromatic carbocycles. The van der Waals surface area contributed by atoms with Gasteiger partial charge < -0.3 is 0 Å². The Morgan fingerprint density at radius 2 is 1.91 bits per heavy atom. The minimum atomic E-state index is -4.03. The number of rotatable bonds is 1. The maximum Gasteiger partial charge on any atom is 0.294 e. The van der Waals surface area contributed by atoms with Crippen molar-refractivity contribution in [3.63, 3.8) is 0 Å². The van der Waals surface area contributed by atoms with Crippen LogP contribution in [0, 0.1) is 6.92 Å². The van der Waals surface area contributed by atoms with Crippen LogP contribution in [0.1, 0.15) is 6.99 Å². The summed E-state index contributed by atoms with van der Waals surface area (Å²) in [4.78, 5) is -0.0278. The standard InChI is InChI=1S/C7H8O3S.H2/c1-6-4-2-3-5-7(6)11(8,9)10;/h2-5H,1H3,(H,8,9,10);1H. The predicted octanol–water partition coefficient (Wildman–Crippen LogP) is 1.49. The lowest BCUT2D eigenvalue weighted by Crippen LogP contribution is -1.99. The molecule has 0 atom stereocenters. The third-order valence-corrected chi connectivity index (χ3v) is 2.39. The molecule has 0 aliphatic rings. The van der Waals surface area contributed by atoms with Crippen LogP contribution in [0.15, 0.2) is 29.2 Å². The highest BCUT2D eigenvalue weighted by Gasteiger charge is 2.10. The number of hydrogen-bond acceptors (Lipinski definition) is 2. The van der Waals surface area contributed by atoms with Crippen molar-refractivity contribution in [2.45, 2.75) is 11.8 Å². The highest BCUT2D eigenvalue weighted by molar-refractivity contribution is 7.85. The molecule has 1 aromatic rings. The molecule has 0 amide bonds. The second kappa shape index (κ2) is 2.64. The van der Waals surface area contributed by atoms with Crippen molar-refractivity contribution >= 4 is 10.1 Å². The zero-order valence-corrected chi connectivity index (χ0v) is 6.80. The van der Waals surface area contributed by atoms with Crippen LogP contribution in [-0.4, -0.2) is 13.0 Å². The van der Waals surface area contributed by atoms with Crippen molar-refractivity contribution in [3.8, 4) is 0 Å². The molecule has 0 saturated carbocycles. The van der Waals surface area contributed by atoms with E-state index in [-0.39, 0.29) is 6.32 Å². The average molecular weight is 174 g/mol. The van der Waals surface area contributed by atoms with Crippen LogP contribution in [0.25, 0.3) is 0 Å². The maximum atomic E-state index is 10.6. The summed E-state index contributed by atoms with van der Waals surface area (Å²) in [5, 5.41) is 0. The molecule has 0 saturated heterocycles. The highest BCUT2D eigenvalue weighted by atomic mass is 32.2. The van der Waals surface area contributed by atoms with E-state index in [4.69, 9.17) is 4.55 Å². The molecule has 0 radical (unpaired) electrons. The van der Waals surface area contributed by atoms with Gasteiger partial charge in [0.1, 0.15) is 0 Å². The van der Waals surface area contributed by atoms with E-state index in [9.17, 15) is 8.42 Å². The summed E-state index contributed by atoms with van der Waals surface area (Å²) in [6, 6.07) is 6.27. The van der Waals surface area contributed by atoms with Crippen molar-refractivity contribution in [1.29, 1.82) is 0 Å². The second-order valence-corrected chi connectivity index (χ2v) is 3.63. The van der Waals surface area contributed by atoms with E-state index in [0.717, 1.165) is 0 Å². The summed E-state index contributed by atoms with van der Waals surface area (Å²) in [6.45, 7) is 1.63. The zero-order chi connectivity index (χ0) is 8.48. The molecule has 3 nitrogen and oxygen atoms in total. The van der Waals surface area contributed by atoms with E-state index in [1.807, 2.05) is 0 Å². The lowest BCUT2D eigenvalue weighted by molar-refractivity contribution is 0.482. The Bertz CT molecular complexity index is 359. The topological polar surface area (TPSA) is 54.4 Å². The molecule has 0 aliphatic heterocycles. The van der Waals surface area contributed by atoms with Crippen LogP contribution in [0.3, 0.4) is 0 Å². The molecule has 11 heavy (non-hydrogen) atoms. The molecule has 0 aliphatic carbocycles. The Morgan fingerprint density at radius 3 is 2.27 bits per heavy atom. The minimum absolute atomic E-state index is 0. The largest absolute Gasteiger partial charge is 0.294 e. The van der Waals surface area contributed by atoms with Gasteiger partial charge in [0, 0.05) is 1.43 Å². The molecule has 0 aromatic heterocycles.